The minimum atomic E-state index is -1.05. The van der Waals surface area contributed by atoms with Gasteiger partial charge in [-0.25, -0.2) is 15.0 Å². The van der Waals surface area contributed by atoms with Gasteiger partial charge in [0.2, 0.25) is 5.91 Å². The Morgan fingerprint density at radius 1 is 0.875 bits per heavy atom. The number of aromatic nitrogens is 3. The van der Waals surface area contributed by atoms with E-state index in [-0.39, 0.29) is 24.1 Å². The van der Waals surface area contributed by atoms with Gasteiger partial charge >= 0.3 is 0 Å². The number of nitrogens with one attached hydrogen (secondary N) is 1. The van der Waals surface area contributed by atoms with Gasteiger partial charge in [-0.05, 0) is 61.9 Å². The van der Waals surface area contributed by atoms with Gasteiger partial charge in [-0.15, -0.1) is 11.3 Å². The maximum atomic E-state index is 14.4. The summed E-state index contributed by atoms with van der Waals surface area (Å²) in [6.07, 6.45) is 0. The molecule has 0 fully saturated rings. The Morgan fingerprint density at radius 2 is 1.56 bits per heavy atom. The Labute approximate surface area is 289 Å². The number of thiazole rings is 1. The largest absolute Gasteiger partial charge is 0.493 e. The number of aryl methyl sites for hydroxylation is 2. The summed E-state index contributed by atoms with van der Waals surface area (Å²) in [6.45, 7) is 3.88. The van der Waals surface area contributed by atoms with Crippen molar-refractivity contribution in [3.63, 3.8) is 0 Å². The van der Waals surface area contributed by atoms with E-state index in [1.165, 1.54) is 30.2 Å². The third-order valence-electron chi connectivity index (χ3n) is 7.47. The molecule has 3 aromatic carbocycles. The maximum Gasteiger partial charge on any atom is 0.251 e. The molecule has 248 valence electrons. The summed E-state index contributed by atoms with van der Waals surface area (Å²) in [5.41, 5.74) is 5.54. The molecular formula is C36H38N6O4S2. The van der Waals surface area contributed by atoms with E-state index in [1.807, 2.05) is 98.9 Å². The highest BCUT2D eigenvalue weighted by Gasteiger charge is 2.33. The molecule has 1 atom stereocenters. The fourth-order valence-electron chi connectivity index (χ4n) is 5.11. The zero-order chi connectivity index (χ0) is 34.2. The van der Waals surface area contributed by atoms with Crippen LogP contribution in [0.15, 0.2) is 89.4 Å². The third kappa shape index (κ3) is 8.50. The number of carbonyl (C=O) groups excluding carboxylic acids is 2. The number of benzene rings is 3. The van der Waals surface area contributed by atoms with Crippen LogP contribution in [0.1, 0.15) is 28.0 Å². The molecule has 0 spiro atoms. The number of anilines is 2. The molecule has 0 aliphatic rings. The van der Waals surface area contributed by atoms with E-state index >= 15 is 0 Å². The van der Waals surface area contributed by atoms with Gasteiger partial charge in [0.05, 0.1) is 32.2 Å². The molecule has 0 radical (unpaired) electrons. The second-order valence-corrected chi connectivity index (χ2v) is 13.1. The van der Waals surface area contributed by atoms with Gasteiger partial charge < -0.3 is 24.6 Å². The van der Waals surface area contributed by atoms with E-state index in [0.29, 0.717) is 32.9 Å². The van der Waals surface area contributed by atoms with Crippen molar-refractivity contribution in [1.29, 1.82) is 0 Å². The van der Waals surface area contributed by atoms with E-state index in [2.05, 4.69) is 15.3 Å². The Balaban J connectivity index is 1.55. The second-order valence-electron chi connectivity index (χ2n) is 11.2. The van der Waals surface area contributed by atoms with Crippen LogP contribution in [-0.2, 0) is 16.1 Å². The Morgan fingerprint density at radius 3 is 2.21 bits per heavy atom. The number of nitrogens with zero attached hydrogens (tertiary/aromatic N) is 5. The molecule has 0 saturated carbocycles. The first-order valence-corrected chi connectivity index (χ1v) is 17.1. The Kier molecular flexibility index (Phi) is 11.3. The lowest BCUT2D eigenvalue weighted by atomic mass is 10.0. The molecule has 0 saturated heterocycles. The van der Waals surface area contributed by atoms with Crippen molar-refractivity contribution in [1.82, 2.24) is 19.9 Å². The molecule has 1 unspecified atom stereocenters. The fourth-order valence-corrected chi connectivity index (χ4v) is 6.75. The molecule has 48 heavy (non-hydrogen) atoms. The average molecular weight is 683 g/mol. The number of amides is 2. The lowest BCUT2D eigenvalue weighted by Gasteiger charge is -2.31. The van der Waals surface area contributed by atoms with Crippen LogP contribution in [0.25, 0.3) is 11.3 Å². The van der Waals surface area contributed by atoms with E-state index in [4.69, 9.17) is 14.5 Å². The molecule has 2 aromatic heterocycles. The van der Waals surface area contributed by atoms with Crippen molar-refractivity contribution in [2.45, 2.75) is 31.6 Å². The van der Waals surface area contributed by atoms with Crippen LogP contribution in [0.4, 0.5) is 11.4 Å². The van der Waals surface area contributed by atoms with Gasteiger partial charge in [-0.3, -0.25) is 9.59 Å². The number of ether oxygens (including phenoxy) is 2. The predicted octanol–water partition coefficient (Wildman–Crippen LogP) is 6.80. The number of thioether (sulfide) groups is 1. The number of carbonyl (C=O) groups is 2. The van der Waals surface area contributed by atoms with Crippen molar-refractivity contribution >= 4 is 46.3 Å². The van der Waals surface area contributed by atoms with Crippen molar-refractivity contribution in [2.75, 3.05) is 44.3 Å². The lowest BCUT2D eigenvalue weighted by Crippen LogP contribution is -2.41. The highest BCUT2D eigenvalue weighted by molar-refractivity contribution is 7.99. The van der Waals surface area contributed by atoms with Crippen molar-refractivity contribution in [3.05, 3.63) is 106 Å². The van der Waals surface area contributed by atoms with Crippen molar-refractivity contribution in [2.24, 2.45) is 0 Å². The Hall–Kier alpha value is -4.94. The van der Waals surface area contributed by atoms with Crippen LogP contribution in [0.2, 0.25) is 0 Å². The minimum Gasteiger partial charge on any atom is -0.493 e. The smallest absolute Gasteiger partial charge is 0.251 e. The van der Waals surface area contributed by atoms with E-state index < -0.39 is 6.04 Å². The standard InChI is InChI=1S/C36H38N6O4S2/c1-23-18-24(2)38-36(37-23)48-22-33(43)42(20-32-40-29(21-47-32)25-10-8-7-9-11-25)34(26-12-17-30(45-5)31(19-26)46-6)35(44)39-27-13-15-28(16-14-27)41(3)4/h7-19,21,34H,20,22H2,1-6H3,(H,39,44). The zero-order valence-corrected chi connectivity index (χ0v) is 29.4. The van der Waals surface area contributed by atoms with Crippen molar-refractivity contribution < 1.29 is 19.1 Å². The first-order valence-electron chi connectivity index (χ1n) is 15.2. The van der Waals surface area contributed by atoms with E-state index in [0.717, 1.165) is 28.3 Å². The molecule has 2 heterocycles. The zero-order valence-electron chi connectivity index (χ0n) is 27.8. The maximum absolute atomic E-state index is 14.4. The molecule has 12 heteroatoms. The molecule has 0 aliphatic carbocycles. The summed E-state index contributed by atoms with van der Waals surface area (Å²) < 4.78 is 11.1. The molecule has 2 amide bonds. The molecule has 0 aliphatic heterocycles. The second kappa shape index (κ2) is 15.8. The summed E-state index contributed by atoms with van der Waals surface area (Å²) in [4.78, 5) is 46.1. The van der Waals surface area contributed by atoms with E-state index in [1.54, 1.807) is 30.2 Å². The predicted molar refractivity (Wildman–Crippen MR) is 192 cm³/mol. The van der Waals surface area contributed by atoms with Crippen LogP contribution in [0.5, 0.6) is 11.5 Å². The summed E-state index contributed by atoms with van der Waals surface area (Å²) in [6, 6.07) is 23.4. The first-order chi connectivity index (χ1) is 23.1. The monoisotopic (exact) mass is 682 g/mol. The molecular weight excluding hydrogens is 645 g/mol. The summed E-state index contributed by atoms with van der Waals surface area (Å²) in [5, 5.41) is 6.18. The van der Waals surface area contributed by atoms with Crippen LogP contribution in [-0.4, -0.2) is 65.7 Å². The van der Waals surface area contributed by atoms with Crippen LogP contribution in [0, 0.1) is 13.8 Å². The lowest BCUT2D eigenvalue weighted by molar-refractivity contribution is -0.137. The van der Waals surface area contributed by atoms with Gasteiger partial charge in [-0.1, -0.05) is 48.2 Å². The van der Waals surface area contributed by atoms with Crippen LogP contribution in [0.3, 0.4) is 0 Å². The SMILES string of the molecule is COc1ccc(C(C(=O)Nc2ccc(N(C)C)cc2)N(Cc2nc(-c3ccccc3)cs2)C(=O)CSc2nc(C)cc(C)n2)cc1OC. The third-order valence-corrected chi connectivity index (χ3v) is 9.13. The first kappa shape index (κ1) is 34.4. The molecule has 0 bridgehead atoms. The number of rotatable bonds is 13. The average Bonchev–Trinajstić information content (AvgIpc) is 3.55. The summed E-state index contributed by atoms with van der Waals surface area (Å²) >= 11 is 2.67. The fraction of sp³-hybridized carbons (Fsp3) is 0.250. The number of methoxy groups -OCH3 is 2. The van der Waals surface area contributed by atoms with Crippen molar-refractivity contribution in [3.8, 4) is 22.8 Å². The highest BCUT2D eigenvalue weighted by Crippen LogP contribution is 2.35. The highest BCUT2D eigenvalue weighted by atomic mass is 32.2. The molecule has 10 nitrogen and oxygen atoms in total. The molecule has 1 N–H and O–H groups in total. The number of hydrogen-bond donors (Lipinski definition) is 1. The molecule has 5 aromatic rings. The van der Waals surface area contributed by atoms with Gasteiger partial charge in [-0.2, -0.15) is 0 Å². The topological polar surface area (TPSA) is 110 Å². The normalized spacial score (nSPS) is 11.5. The summed E-state index contributed by atoms with van der Waals surface area (Å²) in [5.74, 6) is 0.286. The van der Waals surface area contributed by atoms with Crippen LogP contribution >= 0.6 is 23.1 Å². The summed E-state index contributed by atoms with van der Waals surface area (Å²) in [7, 11) is 6.99. The number of hydrogen-bond acceptors (Lipinski definition) is 10. The van der Waals surface area contributed by atoms with Gasteiger partial charge in [0.25, 0.3) is 5.91 Å². The quantitative estimate of drug-likeness (QED) is 0.106. The van der Waals surface area contributed by atoms with Gasteiger partial charge in [0.1, 0.15) is 11.0 Å². The van der Waals surface area contributed by atoms with Gasteiger partial charge in [0.15, 0.2) is 16.7 Å². The van der Waals surface area contributed by atoms with Gasteiger partial charge in [0, 0.05) is 47.8 Å². The minimum absolute atomic E-state index is 0.00835. The van der Waals surface area contributed by atoms with Crippen LogP contribution < -0.4 is 19.7 Å². The van der Waals surface area contributed by atoms with E-state index in [9.17, 15) is 9.59 Å². The molecule has 5 rings (SSSR count). The Bertz CT molecular complexity index is 1840.